The maximum atomic E-state index is 14.2. The van der Waals surface area contributed by atoms with Gasteiger partial charge in [0, 0.05) is 33.6 Å². The van der Waals surface area contributed by atoms with Gasteiger partial charge in [0.05, 0.1) is 5.69 Å². The molecule has 0 spiro atoms. The van der Waals surface area contributed by atoms with Crippen LogP contribution < -0.4 is 9.62 Å². The third kappa shape index (κ3) is 8.86. The van der Waals surface area contributed by atoms with E-state index in [9.17, 15) is 22.4 Å². The highest BCUT2D eigenvalue weighted by atomic mass is 32.2. The van der Waals surface area contributed by atoms with Crippen molar-refractivity contribution in [3.63, 3.8) is 0 Å². The van der Waals surface area contributed by atoms with Crippen molar-refractivity contribution < 1.29 is 22.4 Å². The van der Waals surface area contributed by atoms with E-state index in [0.717, 1.165) is 37.4 Å². The van der Waals surface area contributed by atoms with E-state index >= 15 is 0 Å². The molecule has 0 radical (unpaired) electrons. The number of rotatable bonds is 13. The summed E-state index contributed by atoms with van der Waals surface area (Å²) in [6.45, 7) is 5.83. The molecule has 0 bridgehead atoms. The fourth-order valence-corrected chi connectivity index (χ4v) is 5.36. The Labute approximate surface area is 243 Å². The first-order valence-electron chi connectivity index (χ1n) is 13.5. The van der Waals surface area contributed by atoms with Gasteiger partial charge in [-0.3, -0.25) is 9.59 Å². The first kappa shape index (κ1) is 31.8. The number of amides is 2. The highest BCUT2D eigenvalue weighted by molar-refractivity contribution is 7.90. The van der Waals surface area contributed by atoms with Gasteiger partial charge >= 0.3 is 10.2 Å². The Kier molecular flexibility index (Phi) is 11.0. The summed E-state index contributed by atoms with van der Waals surface area (Å²) in [5.41, 5.74) is 2.78. The van der Waals surface area contributed by atoms with Crippen LogP contribution in [0, 0.1) is 18.7 Å². The molecule has 0 heterocycles. The van der Waals surface area contributed by atoms with Crippen molar-refractivity contribution in [1.82, 2.24) is 14.5 Å². The molecule has 220 valence electrons. The summed E-state index contributed by atoms with van der Waals surface area (Å²) in [7, 11) is -1.42. The van der Waals surface area contributed by atoms with E-state index < -0.39 is 34.5 Å². The Bertz CT molecular complexity index is 1410. The molecule has 3 aromatic rings. The van der Waals surface area contributed by atoms with E-state index in [1.54, 1.807) is 0 Å². The Morgan fingerprint density at radius 2 is 1.54 bits per heavy atom. The van der Waals surface area contributed by atoms with Gasteiger partial charge in [0.1, 0.15) is 18.4 Å². The van der Waals surface area contributed by atoms with Crippen LogP contribution in [-0.2, 0) is 32.8 Å². The van der Waals surface area contributed by atoms with Crippen molar-refractivity contribution in [2.45, 2.75) is 39.8 Å². The summed E-state index contributed by atoms with van der Waals surface area (Å²) in [5, 5.41) is 2.96. The number of halogens is 1. The van der Waals surface area contributed by atoms with Crippen LogP contribution in [0.25, 0.3) is 0 Å². The van der Waals surface area contributed by atoms with Crippen LogP contribution in [0.5, 0.6) is 0 Å². The maximum absolute atomic E-state index is 14.2. The summed E-state index contributed by atoms with van der Waals surface area (Å²) in [6.07, 6.45) is 0.235. The number of anilines is 1. The Morgan fingerprint density at radius 1 is 0.902 bits per heavy atom. The lowest BCUT2D eigenvalue weighted by molar-refractivity contribution is -0.140. The molecule has 8 nitrogen and oxygen atoms in total. The lowest BCUT2D eigenvalue weighted by atomic mass is 10.0. The van der Waals surface area contributed by atoms with E-state index in [0.29, 0.717) is 6.54 Å². The largest absolute Gasteiger partial charge is 0.354 e. The Hall–Kier alpha value is -3.76. The second-order valence-corrected chi connectivity index (χ2v) is 12.7. The zero-order chi connectivity index (χ0) is 30.2. The summed E-state index contributed by atoms with van der Waals surface area (Å²) in [4.78, 5) is 29.3. The quantitative estimate of drug-likeness (QED) is 0.328. The molecule has 0 aliphatic rings. The minimum Gasteiger partial charge on any atom is -0.354 e. The lowest BCUT2D eigenvalue weighted by Crippen LogP contribution is -2.54. The molecule has 0 aliphatic heterocycles. The van der Waals surface area contributed by atoms with E-state index in [-0.39, 0.29) is 30.5 Å². The van der Waals surface area contributed by atoms with E-state index in [1.165, 1.54) is 31.1 Å². The number of carbonyl (C=O) groups excluding carboxylic acids is 2. The predicted molar refractivity (Wildman–Crippen MR) is 160 cm³/mol. The molecular formula is C31H39FN4O4S. The van der Waals surface area contributed by atoms with Crippen molar-refractivity contribution in [2.75, 3.05) is 31.5 Å². The van der Waals surface area contributed by atoms with Gasteiger partial charge < -0.3 is 10.2 Å². The number of aryl methyl sites for hydroxylation is 1. The van der Waals surface area contributed by atoms with Crippen LogP contribution >= 0.6 is 0 Å². The average Bonchev–Trinajstić information content (AvgIpc) is 2.93. The number of nitrogens with zero attached hydrogens (tertiary/aromatic N) is 3. The normalized spacial score (nSPS) is 12.3. The molecule has 0 fully saturated rings. The van der Waals surface area contributed by atoms with Crippen LogP contribution in [0.2, 0.25) is 0 Å². The van der Waals surface area contributed by atoms with Crippen molar-refractivity contribution >= 4 is 27.7 Å². The monoisotopic (exact) mass is 582 g/mol. The number of carbonyl (C=O) groups is 2. The topological polar surface area (TPSA) is 90.0 Å². The van der Waals surface area contributed by atoms with Gasteiger partial charge in [0.15, 0.2) is 0 Å². The van der Waals surface area contributed by atoms with Crippen molar-refractivity contribution in [1.29, 1.82) is 0 Å². The summed E-state index contributed by atoms with van der Waals surface area (Å²) in [5.74, 6) is -1.24. The standard InChI is InChI=1S/C31H39FN4O4S/c1-23(2)20-33-31(38)29(19-25-11-7-6-8-12-25)35(21-26-13-9-10-24(3)18-26)30(37)22-36(41(39,40)34(4)5)28-16-14-27(32)15-17-28/h6-18,23,29H,19-22H2,1-5H3,(H,33,38)/t29-/m0/s1. The van der Waals surface area contributed by atoms with Gasteiger partial charge in [0.2, 0.25) is 11.8 Å². The third-order valence-corrected chi connectivity index (χ3v) is 8.34. The fraction of sp³-hybridized carbons (Fsp3) is 0.355. The van der Waals surface area contributed by atoms with Crippen LogP contribution in [0.15, 0.2) is 78.9 Å². The smallest absolute Gasteiger partial charge is 0.304 e. The maximum Gasteiger partial charge on any atom is 0.304 e. The number of nitrogens with one attached hydrogen (secondary N) is 1. The number of benzene rings is 3. The third-order valence-electron chi connectivity index (χ3n) is 6.52. The molecule has 0 saturated carbocycles. The SMILES string of the molecule is Cc1cccc(CN(C(=O)CN(c2ccc(F)cc2)S(=O)(=O)N(C)C)[C@@H](Cc2ccccc2)C(=O)NCC(C)C)c1. The molecule has 0 aliphatic carbocycles. The molecule has 1 atom stereocenters. The van der Waals surface area contributed by atoms with Crippen molar-refractivity contribution in [3.8, 4) is 0 Å². The van der Waals surface area contributed by atoms with Gasteiger partial charge in [0.25, 0.3) is 0 Å². The van der Waals surface area contributed by atoms with Crippen LogP contribution in [0.3, 0.4) is 0 Å². The molecule has 3 rings (SSSR count). The highest BCUT2D eigenvalue weighted by Crippen LogP contribution is 2.22. The molecule has 41 heavy (non-hydrogen) atoms. The summed E-state index contributed by atoms with van der Waals surface area (Å²) < 4.78 is 42.3. The lowest BCUT2D eigenvalue weighted by Gasteiger charge is -2.34. The van der Waals surface area contributed by atoms with Gasteiger partial charge in [-0.05, 0) is 48.2 Å². The fourth-order valence-electron chi connectivity index (χ4n) is 4.31. The van der Waals surface area contributed by atoms with Gasteiger partial charge in [-0.25, -0.2) is 8.70 Å². The Morgan fingerprint density at radius 3 is 2.12 bits per heavy atom. The Balaban J connectivity index is 2.08. The minimum atomic E-state index is -4.14. The van der Waals surface area contributed by atoms with Crippen LogP contribution in [0.4, 0.5) is 10.1 Å². The molecule has 3 aromatic carbocycles. The molecule has 0 unspecified atom stereocenters. The minimum absolute atomic E-state index is 0.0897. The van der Waals surface area contributed by atoms with Crippen molar-refractivity contribution in [3.05, 3.63) is 101 Å². The number of hydrogen-bond acceptors (Lipinski definition) is 4. The second-order valence-electron chi connectivity index (χ2n) is 10.6. The van der Waals surface area contributed by atoms with Gasteiger partial charge in [-0.15, -0.1) is 0 Å². The molecule has 0 aromatic heterocycles. The van der Waals surface area contributed by atoms with Crippen LogP contribution in [-0.4, -0.2) is 62.7 Å². The van der Waals surface area contributed by atoms with Crippen molar-refractivity contribution in [2.24, 2.45) is 5.92 Å². The van der Waals surface area contributed by atoms with E-state index in [4.69, 9.17) is 0 Å². The van der Waals surface area contributed by atoms with E-state index in [2.05, 4.69) is 5.32 Å². The highest BCUT2D eigenvalue weighted by Gasteiger charge is 2.34. The second kappa shape index (κ2) is 14.2. The molecule has 1 N–H and O–H groups in total. The number of hydrogen-bond donors (Lipinski definition) is 1. The molecular weight excluding hydrogens is 543 g/mol. The van der Waals surface area contributed by atoms with Gasteiger partial charge in [-0.2, -0.15) is 12.7 Å². The van der Waals surface area contributed by atoms with E-state index in [1.807, 2.05) is 75.4 Å². The average molecular weight is 583 g/mol. The molecule has 0 saturated heterocycles. The van der Waals surface area contributed by atoms with Gasteiger partial charge in [-0.1, -0.05) is 74.0 Å². The summed E-state index contributed by atoms with van der Waals surface area (Å²) in [6, 6.07) is 21.0. The molecule has 2 amide bonds. The first-order chi connectivity index (χ1) is 19.4. The van der Waals surface area contributed by atoms with Crippen LogP contribution in [0.1, 0.15) is 30.5 Å². The zero-order valence-corrected chi connectivity index (χ0v) is 25.1. The molecule has 10 heteroatoms. The summed E-state index contributed by atoms with van der Waals surface area (Å²) >= 11 is 0. The predicted octanol–water partition coefficient (Wildman–Crippen LogP) is 4.16. The zero-order valence-electron chi connectivity index (χ0n) is 24.2. The first-order valence-corrected chi connectivity index (χ1v) is 14.9.